The Morgan fingerprint density at radius 2 is 2.35 bits per heavy atom. The Balaban J connectivity index is 2.16. The zero-order valence-electron chi connectivity index (χ0n) is 10.8. The summed E-state index contributed by atoms with van der Waals surface area (Å²) in [6.45, 7) is 2.48. The van der Waals surface area contributed by atoms with E-state index in [9.17, 15) is 10.1 Å². The standard InChI is InChI=1S/C13H12N4O2S/c1-2-10-7-16-13(20-10)8-15-11-4-3-9(6-14)5-12(11)17(18)19/h3-5,7,15H,2,8H2,1H3. The van der Waals surface area contributed by atoms with Crippen molar-refractivity contribution < 1.29 is 4.92 Å². The van der Waals surface area contributed by atoms with Crippen LogP contribution >= 0.6 is 11.3 Å². The maximum atomic E-state index is 11.0. The van der Waals surface area contributed by atoms with Crippen LogP contribution in [-0.4, -0.2) is 9.91 Å². The van der Waals surface area contributed by atoms with Gasteiger partial charge in [-0.3, -0.25) is 10.1 Å². The molecule has 1 N–H and O–H groups in total. The van der Waals surface area contributed by atoms with Gasteiger partial charge in [-0.1, -0.05) is 6.92 Å². The van der Waals surface area contributed by atoms with Gasteiger partial charge in [0.05, 0.1) is 23.1 Å². The summed E-state index contributed by atoms with van der Waals surface area (Å²) in [5.74, 6) is 0. The van der Waals surface area contributed by atoms with Gasteiger partial charge >= 0.3 is 0 Å². The van der Waals surface area contributed by atoms with E-state index >= 15 is 0 Å². The zero-order chi connectivity index (χ0) is 14.5. The Hall–Kier alpha value is -2.46. The minimum atomic E-state index is -0.498. The van der Waals surface area contributed by atoms with Crippen molar-refractivity contribution in [3.8, 4) is 6.07 Å². The summed E-state index contributed by atoms with van der Waals surface area (Å²) in [6, 6.07) is 6.25. The van der Waals surface area contributed by atoms with E-state index in [-0.39, 0.29) is 11.3 Å². The number of hydrogen-bond acceptors (Lipinski definition) is 6. The van der Waals surface area contributed by atoms with Crippen LogP contribution in [-0.2, 0) is 13.0 Å². The fraction of sp³-hybridized carbons (Fsp3) is 0.231. The summed E-state index contributed by atoms with van der Waals surface area (Å²) >= 11 is 1.58. The van der Waals surface area contributed by atoms with E-state index in [1.165, 1.54) is 10.9 Å². The Kier molecular flexibility index (Phi) is 4.27. The first-order valence-electron chi connectivity index (χ1n) is 6.00. The molecule has 0 radical (unpaired) electrons. The van der Waals surface area contributed by atoms with Crippen LogP contribution in [0.2, 0.25) is 0 Å². The number of nitro benzene ring substituents is 1. The second-order valence-electron chi connectivity index (χ2n) is 4.03. The predicted molar refractivity (Wildman–Crippen MR) is 76.6 cm³/mol. The highest BCUT2D eigenvalue weighted by Gasteiger charge is 2.14. The molecule has 7 heteroatoms. The number of nitriles is 1. The molecule has 0 bridgehead atoms. The molecule has 0 spiro atoms. The van der Waals surface area contributed by atoms with Crippen LogP contribution in [0.1, 0.15) is 22.4 Å². The number of aromatic nitrogens is 1. The molecule has 1 aromatic carbocycles. The van der Waals surface area contributed by atoms with Gasteiger partial charge in [-0.05, 0) is 18.6 Å². The lowest BCUT2D eigenvalue weighted by atomic mass is 10.2. The summed E-state index contributed by atoms with van der Waals surface area (Å²) in [4.78, 5) is 15.9. The van der Waals surface area contributed by atoms with Gasteiger partial charge in [0, 0.05) is 17.1 Å². The van der Waals surface area contributed by atoms with Crippen LogP contribution < -0.4 is 5.32 Å². The largest absolute Gasteiger partial charge is 0.373 e. The Morgan fingerprint density at radius 3 is 2.95 bits per heavy atom. The first-order valence-corrected chi connectivity index (χ1v) is 6.81. The number of nitrogens with one attached hydrogen (secondary N) is 1. The normalized spacial score (nSPS) is 10.0. The monoisotopic (exact) mass is 288 g/mol. The van der Waals surface area contributed by atoms with Gasteiger partial charge in [0.2, 0.25) is 0 Å². The van der Waals surface area contributed by atoms with E-state index in [2.05, 4.69) is 17.2 Å². The van der Waals surface area contributed by atoms with Crippen LogP contribution in [0, 0.1) is 21.4 Å². The molecule has 0 saturated heterocycles. The van der Waals surface area contributed by atoms with E-state index in [1.807, 2.05) is 12.3 Å². The predicted octanol–water partition coefficient (Wildman–Crippen LogP) is 3.10. The minimum Gasteiger partial charge on any atom is -0.373 e. The van der Waals surface area contributed by atoms with Crippen molar-refractivity contribution in [1.29, 1.82) is 5.26 Å². The third-order valence-corrected chi connectivity index (χ3v) is 3.85. The van der Waals surface area contributed by atoms with Crippen LogP contribution in [0.3, 0.4) is 0 Å². The number of thiazole rings is 1. The van der Waals surface area contributed by atoms with Crippen LogP contribution in [0.25, 0.3) is 0 Å². The fourth-order valence-corrected chi connectivity index (χ4v) is 2.47. The molecule has 6 nitrogen and oxygen atoms in total. The van der Waals surface area contributed by atoms with Crippen LogP contribution in [0.4, 0.5) is 11.4 Å². The molecule has 0 aliphatic heterocycles. The minimum absolute atomic E-state index is 0.101. The van der Waals surface area contributed by atoms with Gasteiger partial charge in [0.25, 0.3) is 5.69 Å². The number of nitro groups is 1. The van der Waals surface area contributed by atoms with E-state index in [1.54, 1.807) is 23.5 Å². The van der Waals surface area contributed by atoms with E-state index in [4.69, 9.17) is 5.26 Å². The fourth-order valence-electron chi connectivity index (χ4n) is 1.67. The van der Waals surface area contributed by atoms with Gasteiger partial charge in [-0.2, -0.15) is 5.26 Å². The van der Waals surface area contributed by atoms with Crippen molar-refractivity contribution >= 4 is 22.7 Å². The maximum absolute atomic E-state index is 11.0. The second kappa shape index (κ2) is 6.12. The van der Waals surface area contributed by atoms with E-state index in [0.717, 1.165) is 11.4 Å². The molecular formula is C13H12N4O2S. The third kappa shape index (κ3) is 3.10. The second-order valence-corrected chi connectivity index (χ2v) is 5.23. The molecule has 102 valence electrons. The SMILES string of the molecule is CCc1cnc(CNc2ccc(C#N)cc2[N+](=O)[O-])s1. The Labute approximate surface area is 119 Å². The Morgan fingerprint density at radius 1 is 1.55 bits per heavy atom. The van der Waals surface area contributed by atoms with E-state index < -0.39 is 4.92 Å². The lowest BCUT2D eigenvalue weighted by Crippen LogP contribution is -2.02. The Bertz CT molecular complexity index is 675. The highest BCUT2D eigenvalue weighted by atomic mass is 32.1. The van der Waals surface area contributed by atoms with Gasteiger partial charge in [-0.15, -0.1) is 11.3 Å². The number of aryl methyl sites for hydroxylation is 1. The summed E-state index contributed by atoms with van der Waals surface area (Å²) < 4.78 is 0. The molecule has 0 aliphatic carbocycles. The molecule has 0 unspecified atom stereocenters. The summed E-state index contributed by atoms with van der Waals surface area (Å²) in [5.41, 5.74) is 0.559. The molecule has 0 fully saturated rings. The van der Waals surface area contributed by atoms with Gasteiger partial charge in [-0.25, -0.2) is 4.98 Å². The molecule has 20 heavy (non-hydrogen) atoms. The van der Waals surface area contributed by atoms with Crippen LogP contribution in [0.15, 0.2) is 24.4 Å². The zero-order valence-corrected chi connectivity index (χ0v) is 11.6. The lowest BCUT2D eigenvalue weighted by molar-refractivity contribution is -0.384. The molecule has 2 aromatic rings. The molecule has 0 saturated carbocycles. The quantitative estimate of drug-likeness (QED) is 0.674. The van der Waals surface area contributed by atoms with Gasteiger partial charge in [0.15, 0.2) is 0 Å². The topological polar surface area (TPSA) is 91.8 Å². The average molecular weight is 288 g/mol. The van der Waals surface area contributed by atoms with Gasteiger partial charge in [0.1, 0.15) is 10.7 Å². The van der Waals surface area contributed by atoms with Gasteiger partial charge < -0.3 is 5.32 Å². The summed E-state index contributed by atoms with van der Waals surface area (Å²) in [6.07, 6.45) is 2.74. The molecule has 1 heterocycles. The number of nitrogens with zero attached hydrogens (tertiary/aromatic N) is 3. The number of hydrogen-bond donors (Lipinski definition) is 1. The van der Waals surface area contributed by atoms with Crippen molar-refractivity contribution in [1.82, 2.24) is 4.98 Å². The molecule has 1 aromatic heterocycles. The lowest BCUT2D eigenvalue weighted by Gasteiger charge is -2.05. The van der Waals surface area contributed by atoms with Crippen molar-refractivity contribution in [2.75, 3.05) is 5.32 Å². The average Bonchev–Trinajstić information content (AvgIpc) is 2.92. The van der Waals surface area contributed by atoms with Crippen molar-refractivity contribution in [2.24, 2.45) is 0 Å². The number of benzene rings is 1. The first kappa shape index (κ1) is 14.0. The smallest absolute Gasteiger partial charge is 0.293 e. The first-order chi connectivity index (χ1) is 9.63. The highest BCUT2D eigenvalue weighted by Crippen LogP contribution is 2.26. The van der Waals surface area contributed by atoms with E-state index in [0.29, 0.717) is 12.2 Å². The van der Waals surface area contributed by atoms with Crippen molar-refractivity contribution in [2.45, 2.75) is 19.9 Å². The third-order valence-electron chi connectivity index (χ3n) is 2.70. The number of anilines is 1. The van der Waals surface area contributed by atoms with Crippen molar-refractivity contribution in [3.05, 3.63) is 50.0 Å². The molecular weight excluding hydrogens is 276 g/mol. The summed E-state index contributed by atoms with van der Waals surface area (Å²) in [7, 11) is 0. The molecule has 0 atom stereocenters. The van der Waals surface area contributed by atoms with Crippen molar-refractivity contribution in [3.63, 3.8) is 0 Å². The molecule has 0 aliphatic rings. The number of rotatable bonds is 5. The summed E-state index contributed by atoms with van der Waals surface area (Å²) in [5, 5.41) is 23.6. The molecule has 0 amide bonds. The van der Waals surface area contributed by atoms with Crippen LogP contribution in [0.5, 0.6) is 0 Å². The highest BCUT2D eigenvalue weighted by molar-refractivity contribution is 7.11. The molecule has 2 rings (SSSR count). The maximum Gasteiger partial charge on any atom is 0.293 e.